The van der Waals surface area contributed by atoms with E-state index in [2.05, 4.69) is 4.98 Å². The van der Waals surface area contributed by atoms with Gasteiger partial charge >= 0.3 is 0 Å². The lowest BCUT2D eigenvalue weighted by Crippen LogP contribution is -2.09. The van der Waals surface area contributed by atoms with Crippen LogP contribution in [0.25, 0.3) is 10.6 Å². The summed E-state index contributed by atoms with van der Waals surface area (Å²) in [5.74, 6) is 0. The van der Waals surface area contributed by atoms with Gasteiger partial charge in [-0.25, -0.2) is 18.5 Å². The Morgan fingerprint density at radius 2 is 1.72 bits per heavy atom. The van der Waals surface area contributed by atoms with Crippen molar-refractivity contribution in [1.82, 2.24) is 4.98 Å². The highest BCUT2D eigenvalue weighted by atomic mass is 35.5. The molecule has 1 aromatic carbocycles. The van der Waals surface area contributed by atoms with Gasteiger partial charge in [0.1, 0.15) is 5.01 Å². The van der Waals surface area contributed by atoms with E-state index in [1.807, 2.05) is 0 Å². The molecule has 9 heteroatoms. The van der Waals surface area contributed by atoms with Crippen molar-refractivity contribution in [3.05, 3.63) is 33.4 Å². The maximum absolute atomic E-state index is 11.2. The molecule has 0 fully saturated rings. The molecule has 4 nitrogen and oxygen atoms in total. The zero-order valence-corrected chi connectivity index (χ0v) is 12.4. The van der Waals surface area contributed by atoms with Gasteiger partial charge < -0.3 is 0 Å². The number of primary sulfonamides is 1. The summed E-state index contributed by atoms with van der Waals surface area (Å²) in [5, 5.41) is 6.34. The number of sulfonamides is 1. The first-order chi connectivity index (χ1) is 8.29. The fourth-order valence-electron chi connectivity index (χ4n) is 1.25. The van der Waals surface area contributed by atoms with Gasteiger partial charge in [-0.15, -0.1) is 11.3 Å². The van der Waals surface area contributed by atoms with Gasteiger partial charge in [-0.3, -0.25) is 0 Å². The molecule has 0 aliphatic rings. The summed E-state index contributed by atoms with van der Waals surface area (Å²) < 4.78 is 22.3. The predicted octanol–water partition coefficient (Wildman–Crippen LogP) is 3.42. The van der Waals surface area contributed by atoms with Crippen molar-refractivity contribution in [2.45, 2.75) is 4.21 Å². The average molecular weight is 344 g/mol. The molecule has 0 aliphatic heterocycles. The summed E-state index contributed by atoms with van der Waals surface area (Å²) in [6.45, 7) is 0. The van der Waals surface area contributed by atoms with Crippen molar-refractivity contribution in [2.24, 2.45) is 5.14 Å². The van der Waals surface area contributed by atoms with E-state index in [0.717, 1.165) is 17.5 Å². The molecule has 0 amide bonds. The topological polar surface area (TPSA) is 73.1 Å². The van der Waals surface area contributed by atoms with E-state index < -0.39 is 10.0 Å². The number of hydrogen-bond acceptors (Lipinski definition) is 4. The molecule has 2 rings (SSSR count). The van der Waals surface area contributed by atoms with Crippen LogP contribution >= 0.6 is 46.1 Å². The smallest absolute Gasteiger partial charge is 0.243 e. The van der Waals surface area contributed by atoms with Crippen LogP contribution in [0, 0.1) is 0 Å². The van der Waals surface area contributed by atoms with Gasteiger partial charge in [-0.2, -0.15) is 0 Å². The van der Waals surface area contributed by atoms with E-state index in [1.165, 1.54) is 12.1 Å². The second-order valence-electron chi connectivity index (χ2n) is 3.27. The fourth-order valence-corrected chi connectivity index (χ4v) is 3.99. The molecule has 0 aliphatic carbocycles. The lowest BCUT2D eigenvalue weighted by molar-refractivity contribution is 0.599. The molecule has 0 bridgehead atoms. The zero-order valence-electron chi connectivity index (χ0n) is 8.52. The van der Waals surface area contributed by atoms with Crippen LogP contribution in [0.5, 0.6) is 0 Å². The van der Waals surface area contributed by atoms with Gasteiger partial charge in [0, 0.05) is 10.6 Å². The number of rotatable bonds is 2. The number of nitrogens with two attached hydrogens (primary N) is 1. The molecule has 2 N–H and O–H groups in total. The van der Waals surface area contributed by atoms with Crippen molar-refractivity contribution in [3.8, 4) is 10.6 Å². The summed E-state index contributed by atoms with van der Waals surface area (Å²) in [6.07, 6.45) is 1.16. The third-order valence-electron chi connectivity index (χ3n) is 1.99. The van der Waals surface area contributed by atoms with Crippen LogP contribution in [-0.4, -0.2) is 13.4 Å². The third kappa shape index (κ3) is 2.79. The molecule has 0 spiro atoms. The Labute approximate surface area is 122 Å². The minimum atomic E-state index is -3.78. The van der Waals surface area contributed by atoms with Crippen LogP contribution in [-0.2, 0) is 10.0 Å². The van der Waals surface area contributed by atoms with E-state index in [-0.39, 0.29) is 4.21 Å². The molecular weight excluding hydrogens is 339 g/mol. The van der Waals surface area contributed by atoms with Crippen molar-refractivity contribution in [3.63, 3.8) is 0 Å². The number of aromatic nitrogens is 1. The van der Waals surface area contributed by atoms with E-state index in [9.17, 15) is 8.42 Å². The van der Waals surface area contributed by atoms with Gasteiger partial charge in [0.2, 0.25) is 10.0 Å². The minimum Gasteiger partial charge on any atom is -0.243 e. The molecule has 0 unspecified atom stereocenters. The largest absolute Gasteiger partial charge is 0.249 e. The Morgan fingerprint density at radius 1 is 1.17 bits per heavy atom. The summed E-state index contributed by atoms with van der Waals surface area (Å²) in [6, 6.07) is 3.00. The van der Waals surface area contributed by atoms with E-state index in [0.29, 0.717) is 25.6 Å². The molecule has 18 heavy (non-hydrogen) atoms. The Kier molecular flexibility index (Phi) is 3.87. The first-order valence-electron chi connectivity index (χ1n) is 4.42. The van der Waals surface area contributed by atoms with Gasteiger partial charge in [0.25, 0.3) is 0 Å². The molecule has 96 valence electrons. The number of halogens is 3. The molecule has 1 aromatic heterocycles. The number of benzene rings is 1. The predicted molar refractivity (Wildman–Crippen MR) is 74.0 cm³/mol. The standard InChI is InChI=1S/C9H5Cl3N2O2S2/c10-4-1-5(11)8(6(12)2-4)9-14-3-7(17-9)18(13,15)16/h1-3H,(H2,13,15,16). The number of nitrogens with zero attached hydrogens (tertiary/aromatic N) is 1. The monoisotopic (exact) mass is 342 g/mol. The molecule has 2 aromatic rings. The molecule has 0 atom stereocenters. The van der Waals surface area contributed by atoms with Crippen LogP contribution in [0.4, 0.5) is 0 Å². The second-order valence-corrected chi connectivity index (χ2v) is 7.34. The second kappa shape index (κ2) is 4.96. The average Bonchev–Trinajstić information content (AvgIpc) is 2.64. The molecule has 0 radical (unpaired) electrons. The van der Waals surface area contributed by atoms with Gasteiger partial charge in [-0.05, 0) is 12.1 Å². The highest BCUT2D eigenvalue weighted by Gasteiger charge is 2.18. The lowest BCUT2D eigenvalue weighted by Gasteiger charge is -2.03. The van der Waals surface area contributed by atoms with Crippen molar-refractivity contribution >= 4 is 56.2 Å². The van der Waals surface area contributed by atoms with Crippen LogP contribution in [0.15, 0.2) is 22.5 Å². The van der Waals surface area contributed by atoms with Crippen LogP contribution in [0.3, 0.4) is 0 Å². The first-order valence-corrected chi connectivity index (χ1v) is 7.92. The van der Waals surface area contributed by atoms with Gasteiger partial charge in [0.15, 0.2) is 4.21 Å². The van der Waals surface area contributed by atoms with Crippen molar-refractivity contribution in [1.29, 1.82) is 0 Å². The number of hydrogen-bond donors (Lipinski definition) is 1. The van der Waals surface area contributed by atoms with E-state index >= 15 is 0 Å². The van der Waals surface area contributed by atoms with Crippen LogP contribution in [0.2, 0.25) is 15.1 Å². The van der Waals surface area contributed by atoms with Crippen LogP contribution in [0.1, 0.15) is 0 Å². The summed E-state index contributed by atoms with van der Waals surface area (Å²) in [7, 11) is -3.78. The zero-order chi connectivity index (χ0) is 13.5. The van der Waals surface area contributed by atoms with E-state index in [1.54, 1.807) is 0 Å². The number of thiazole rings is 1. The maximum Gasteiger partial charge on any atom is 0.249 e. The normalized spacial score (nSPS) is 11.8. The van der Waals surface area contributed by atoms with Crippen LogP contribution < -0.4 is 5.14 Å². The Hall–Kier alpha value is -0.370. The third-order valence-corrected chi connectivity index (χ3v) is 5.22. The van der Waals surface area contributed by atoms with Gasteiger partial charge in [0.05, 0.1) is 16.2 Å². The molecule has 0 saturated heterocycles. The summed E-state index contributed by atoms with van der Waals surface area (Å²) >= 11 is 18.7. The maximum atomic E-state index is 11.2. The fraction of sp³-hybridized carbons (Fsp3) is 0. The quantitative estimate of drug-likeness (QED) is 0.908. The minimum absolute atomic E-state index is 0.0559. The first kappa shape index (κ1) is 14.0. The van der Waals surface area contributed by atoms with E-state index in [4.69, 9.17) is 39.9 Å². The Morgan fingerprint density at radius 3 is 2.17 bits per heavy atom. The van der Waals surface area contributed by atoms with Crippen molar-refractivity contribution < 1.29 is 8.42 Å². The lowest BCUT2D eigenvalue weighted by atomic mass is 10.2. The Balaban J connectivity index is 2.60. The Bertz CT molecular complexity index is 689. The van der Waals surface area contributed by atoms with Crippen molar-refractivity contribution in [2.75, 3.05) is 0 Å². The highest BCUT2D eigenvalue weighted by molar-refractivity contribution is 7.91. The SMILES string of the molecule is NS(=O)(=O)c1cnc(-c2c(Cl)cc(Cl)cc2Cl)s1. The summed E-state index contributed by atoms with van der Waals surface area (Å²) in [5.41, 5.74) is 0.433. The highest BCUT2D eigenvalue weighted by Crippen LogP contribution is 2.39. The summed E-state index contributed by atoms with van der Waals surface area (Å²) in [4.78, 5) is 3.95. The molecule has 1 heterocycles. The molecule has 0 saturated carbocycles. The van der Waals surface area contributed by atoms with Gasteiger partial charge in [-0.1, -0.05) is 34.8 Å². The molecular formula is C9H5Cl3N2O2S2.